The molecule has 3 N–H and O–H groups in total. The molecule has 0 radical (unpaired) electrons. The van der Waals surface area contributed by atoms with Crippen LogP contribution in [-0.2, 0) is 11.0 Å². The monoisotopic (exact) mass is 531 g/mol. The third-order valence-electron chi connectivity index (χ3n) is 4.79. The second-order valence-corrected chi connectivity index (χ2v) is 7.75. The van der Waals surface area contributed by atoms with E-state index < -0.39 is 5.60 Å². The molecule has 1 aromatic heterocycles. The number of nitrogens with one attached hydrogen (secondary N) is 2. The second kappa shape index (κ2) is 11.5. The number of guanidine groups is 1. The van der Waals surface area contributed by atoms with Crippen molar-refractivity contribution >= 4 is 29.9 Å². The first-order valence-electron chi connectivity index (χ1n) is 9.74. The first kappa shape index (κ1) is 26.1. The summed E-state index contributed by atoms with van der Waals surface area (Å²) in [5, 5.41) is 17.1. The number of halogens is 1. The molecule has 7 nitrogen and oxygen atoms in total. The molecule has 2 aromatic rings. The van der Waals surface area contributed by atoms with Crippen LogP contribution < -0.4 is 20.1 Å². The maximum atomic E-state index is 10.6. The fourth-order valence-corrected chi connectivity index (χ4v) is 2.89. The molecule has 0 saturated heterocycles. The minimum atomic E-state index is -1.14. The zero-order valence-electron chi connectivity index (χ0n) is 18.6. The van der Waals surface area contributed by atoms with Gasteiger partial charge in [0.2, 0.25) is 0 Å². The maximum absolute atomic E-state index is 10.6. The minimum absolute atomic E-state index is 0. The molecular formula is C22H34IN3O4. The Morgan fingerprint density at radius 2 is 1.80 bits per heavy atom. The highest BCUT2D eigenvalue weighted by Gasteiger charge is 2.27. The van der Waals surface area contributed by atoms with E-state index in [2.05, 4.69) is 24.5 Å². The van der Waals surface area contributed by atoms with Crippen molar-refractivity contribution in [3.8, 4) is 11.5 Å². The van der Waals surface area contributed by atoms with E-state index in [0.717, 1.165) is 5.56 Å². The first-order chi connectivity index (χ1) is 13.7. The van der Waals surface area contributed by atoms with Crippen LogP contribution in [-0.4, -0.2) is 44.9 Å². The van der Waals surface area contributed by atoms with Crippen LogP contribution in [0, 0.1) is 0 Å². The maximum Gasteiger partial charge on any atom is 0.191 e. The molecule has 8 heteroatoms. The lowest BCUT2D eigenvalue weighted by Crippen LogP contribution is -2.45. The van der Waals surface area contributed by atoms with Crippen LogP contribution in [0.2, 0.25) is 0 Å². The molecule has 2 rings (SSSR count). The average molecular weight is 531 g/mol. The number of furan rings is 1. The lowest BCUT2D eigenvalue weighted by molar-refractivity contribution is 0.0386. The van der Waals surface area contributed by atoms with Crippen LogP contribution >= 0.6 is 24.0 Å². The summed E-state index contributed by atoms with van der Waals surface area (Å²) < 4.78 is 16.1. The Morgan fingerprint density at radius 3 is 2.37 bits per heavy atom. The van der Waals surface area contributed by atoms with Crippen molar-refractivity contribution in [2.24, 2.45) is 4.99 Å². The highest BCUT2D eigenvalue weighted by Crippen LogP contribution is 2.33. The van der Waals surface area contributed by atoms with Gasteiger partial charge in [-0.1, -0.05) is 19.9 Å². The highest BCUT2D eigenvalue weighted by atomic mass is 127. The van der Waals surface area contributed by atoms with Gasteiger partial charge in [0, 0.05) is 12.0 Å². The Morgan fingerprint density at radius 1 is 1.10 bits per heavy atom. The van der Waals surface area contributed by atoms with E-state index in [9.17, 15) is 5.11 Å². The largest absolute Gasteiger partial charge is 0.493 e. The number of benzene rings is 1. The zero-order valence-corrected chi connectivity index (χ0v) is 20.9. The van der Waals surface area contributed by atoms with Crippen molar-refractivity contribution in [1.29, 1.82) is 0 Å². The molecule has 1 atom stereocenters. The summed E-state index contributed by atoms with van der Waals surface area (Å²) in [6.07, 6.45) is 1.55. The molecule has 168 valence electrons. The van der Waals surface area contributed by atoms with Gasteiger partial charge in [-0.3, -0.25) is 4.99 Å². The zero-order chi connectivity index (χ0) is 21.5. The van der Waals surface area contributed by atoms with Gasteiger partial charge in [-0.05, 0) is 43.7 Å². The van der Waals surface area contributed by atoms with Gasteiger partial charge in [-0.25, -0.2) is 0 Å². The Labute approximate surface area is 196 Å². The third-order valence-corrected chi connectivity index (χ3v) is 4.79. The van der Waals surface area contributed by atoms with Crippen molar-refractivity contribution < 1.29 is 19.0 Å². The number of ether oxygens (including phenoxy) is 2. The Balaban J connectivity index is 0.00000450. The smallest absolute Gasteiger partial charge is 0.191 e. The van der Waals surface area contributed by atoms with Crippen LogP contribution in [0.15, 0.2) is 46.0 Å². The van der Waals surface area contributed by atoms with E-state index in [4.69, 9.17) is 18.9 Å². The molecule has 0 aliphatic rings. The van der Waals surface area contributed by atoms with Gasteiger partial charge in [-0.2, -0.15) is 0 Å². The second-order valence-electron chi connectivity index (χ2n) is 7.75. The van der Waals surface area contributed by atoms with Gasteiger partial charge >= 0.3 is 0 Å². The van der Waals surface area contributed by atoms with Gasteiger partial charge in [0.25, 0.3) is 0 Å². The Bertz CT molecular complexity index is 805. The molecule has 0 fully saturated rings. The lowest BCUT2D eigenvalue weighted by atomic mass is 9.84. The van der Waals surface area contributed by atoms with Crippen LogP contribution in [0.1, 0.15) is 39.0 Å². The SMILES string of the molecule is CCNC(=NCC(C)(C)c1ccc(OC)c(OC)c1)NCC(C)(O)c1ccco1.I. The predicted molar refractivity (Wildman–Crippen MR) is 130 cm³/mol. The van der Waals surface area contributed by atoms with Gasteiger partial charge in [0.1, 0.15) is 11.4 Å². The van der Waals surface area contributed by atoms with Crippen molar-refractivity contribution in [2.75, 3.05) is 33.9 Å². The molecule has 0 aliphatic heterocycles. The number of hydrogen-bond donors (Lipinski definition) is 3. The van der Waals surface area contributed by atoms with Crippen LogP contribution in [0.4, 0.5) is 0 Å². The Kier molecular flexibility index (Phi) is 9.96. The minimum Gasteiger partial charge on any atom is -0.493 e. The molecular weight excluding hydrogens is 497 g/mol. The van der Waals surface area contributed by atoms with Crippen molar-refractivity contribution in [3.05, 3.63) is 47.9 Å². The van der Waals surface area contributed by atoms with Gasteiger partial charge in [0.15, 0.2) is 17.5 Å². The highest BCUT2D eigenvalue weighted by molar-refractivity contribution is 14.0. The number of aliphatic hydroxyl groups is 1. The van der Waals surface area contributed by atoms with Crippen molar-refractivity contribution in [1.82, 2.24) is 10.6 Å². The van der Waals surface area contributed by atoms with E-state index in [1.807, 2.05) is 25.1 Å². The summed E-state index contributed by atoms with van der Waals surface area (Å²) in [7, 11) is 3.25. The van der Waals surface area contributed by atoms with Gasteiger partial charge in [-0.15, -0.1) is 24.0 Å². The van der Waals surface area contributed by atoms with E-state index in [1.54, 1.807) is 39.5 Å². The number of rotatable bonds is 9. The molecule has 1 heterocycles. The molecule has 0 aliphatic carbocycles. The lowest BCUT2D eigenvalue weighted by Gasteiger charge is -2.26. The topological polar surface area (TPSA) is 88.3 Å². The predicted octanol–water partition coefficient (Wildman–Crippen LogP) is 3.66. The summed E-state index contributed by atoms with van der Waals surface area (Å²) in [5.74, 6) is 2.53. The van der Waals surface area contributed by atoms with Gasteiger partial charge in [0.05, 0.1) is 33.6 Å². The van der Waals surface area contributed by atoms with Crippen molar-refractivity contribution in [3.63, 3.8) is 0 Å². The molecule has 1 aromatic carbocycles. The Hall–Kier alpha value is -1.94. The fraction of sp³-hybridized carbons (Fsp3) is 0.500. The number of aliphatic imine (C=N–C) groups is 1. The standard InChI is InChI=1S/C22H33N3O4.HI/c1-7-23-20(25-15-22(4,26)19-9-8-12-29-19)24-14-21(2,3)16-10-11-17(27-5)18(13-16)28-6;/h8-13,26H,7,14-15H2,1-6H3,(H2,23,24,25);1H. The average Bonchev–Trinajstić information content (AvgIpc) is 3.25. The molecule has 0 saturated carbocycles. The van der Waals surface area contributed by atoms with E-state index in [0.29, 0.717) is 36.3 Å². The quantitative estimate of drug-likeness (QED) is 0.260. The van der Waals surface area contributed by atoms with E-state index in [-0.39, 0.29) is 35.9 Å². The molecule has 0 bridgehead atoms. The molecule has 30 heavy (non-hydrogen) atoms. The van der Waals surface area contributed by atoms with Gasteiger partial charge < -0.3 is 29.6 Å². The van der Waals surface area contributed by atoms with E-state index in [1.165, 1.54) is 0 Å². The van der Waals surface area contributed by atoms with Crippen LogP contribution in [0.25, 0.3) is 0 Å². The number of nitrogens with zero attached hydrogens (tertiary/aromatic N) is 1. The van der Waals surface area contributed by atoms with Crippen LogP contribution in [0.5, 0.6) is 11.5 Å². The van der Waals surface area contributed by atoms with Crippen LogP contribution in [0.3, 0.4) is 0 Å². The van der Waals surface area contributed by atoms with Crippen molar-refractivity contribution in [2.45, 2.75) is 38.7 Å². The summed E-state index contributed by atoms with van der Waals surface area (Å²) in [6, 6.07) is 9.43. The third kappa shape index (κ3) is 6.80. The summed E-state index contributed by atoms with van der Waals surface area (Å²) >= 11 is 0. The summed E-state index contributed by atoms with van der Waals surface area (Å²) in [5.41, 5.74) is -0.276. The summed E-state index contributed by atoms with van der Waals surface area (Å²) in [6.45, 7) is 9.48. The normalized spacial score (nSPS) is 13.8. The molecule has 1 unspecified atom stereocenters. The number of methoxy groups -OCH3 is 2. The van der Waals surface area contributed by atoms with E-state index >= 15 is 0 Å². The summed E-state index contributed by atoms with van der Waals surface area (Å²) in [4.78, 5) is 4.72. The fourth-order valence-electron chi connectivity index (χ4n) is 2.89. The molecule has 0 spiro atoms. The number of hydrogen-bond acceptors (Lipinski definition) is 5. The molecule has 0 amide bonds. The first-order valence-corrected chi connectivity index (χ1v) is 9.74.